The molecule has 2 aromatic carbocycles. The lowest BCUT2D eigenvalue weighted by Crippen LogP contribution is -2.36. The smallest absolute Gasteiger partial charge is 0.184 e. The van der Waals surface area contributed by atoms with Crippen molar-refractivity contribution in [3.8, 4) is 6.07 Å². The zero-order valence-electron chi connectivity index (χ0n) is 15.9. The van der Waals surface area contributed by atoms with Crippen LogP contribution in [0.2, 0.25) is 0 Å². The van der Waals surface area contributed by atoms with Crippen LogP contribution in [-0.2, 0) is 6.54 Å². The number of aliphatic hydroxyl groups is 1. The predicted molar refractivity (Wildman–Crippen MR) is 115 cm³/mol. The van der Waals surface area contributed by atoms with E-state index in [4.69, 9.17) is 10.2 Å². The summed E-state index contributed by atoms with van der Waals surface area (Å²) in [5, 5.41) is 23.7. The molecule has 0 saturated heterocycles. The van der Waals surface area contributed by atoms with Gasteiger partial charge < -0.3 is 15.0 Å². The minimum Gasteiger partial charge on any atom is -0.391 e. The number of hydrogen-bond donors (Lipinski definition) is 2. The second-order valence-electron chi connectivity index (χ2n) is 7.61. The van der Waals surface area contributed by atoms with Crippen molar-refractivity contribution >= 4 is 37.7 Å². The first kappa shape index (κ1) is 18.1. The lowest BCUT2D eigenvalue weighted by atomic mass is 9.93. The number of aromatic nitrogens is 3. The van der Waals surface area contributed by atoms with Crippen LogP contribution in [0.3, 0.4) is 0 Å². The molecule has 2 aromatic heterocycles. The van der Waals surface area contributed by atoms with Gasteiger partial charge in [-0.25, -0.2) is 9.97 Å². The highest BCUT2D eigenvalue weighted by Gasteiger charge is 2.23. The van der Waals surface area contributed by atoms with Gasteiger partial charge in [-0.1, -0.05) is 30.2 Å². The summed E-state index contributed by atoms with van der Waals surface area (Å²) in [4.78, 5) is 9.13. The van der Waals surface area contributed by atoms with E-state index in [2.05, 4.69) is 33.1 Å². The van der Waals surface area contributed by atoms with E-state index < -0.39 is 0 Å². The first-order valence-electron chi connectivity index (χ1n) is 9.89. The van der Waals surface area contributed by atoms with Crippen molar-refractivity contribution in [2.24, 2.45) is 0 Å². The third-order valence-electron chi connectivity index (χ3n) is 5.59. The average Bonchev–Trinajstić information content (AvgIpc) is 3.32. The van der Waals surface area contributed by atoms with Crippen LogP contribution in [0, 0.1) is 11.3 Å². The van der Waals surface area contributed by atoms with Crippen LogP contribution < -0.4 is 5.32 Å². The van der Waals surface area contributed by atoms with Gasteiger partial charge in [0.2, 0.25) is 0 Å². The number of imidazole rings is 1. The van der Waals surface area contributed by atoms with Crippen LogP contribution >= 0.6 is 11.3 Å². The van der Waals surface area contributed by atoms with E-state index in [9.17, 15) is 5.11 Å². The normalized spacial score (nSPS) is 19.4. The van der Waals surface area contributed by atoms with E-state index >= 15 is 0 Å². The molecule has 1 fully saturated rings. The molecule has 2 N–H and O–H groups in total. The molecule has 6 nitrogen and oxygen atoms in total. The Morgan fingerprint density at radius 3 is 2.90 bits per heavy atom. The molecule has 0 radical (unpaired) electrons. The van der Waals surface area contributed by atoms with Gasteiger partial charge in [0.1, 0.15) is 0 Å². The number of thiazole rings is 1. The molecule has 1 saturated carbocycles. The molecule has 2 heterocycles. The Kier molecular flexibility index (Phi) is 4.66. The van der Waals surface area contributed by atoms with Gasteiger partial charge in [-0.3, -0.25) is 0 Å². The minimum absolute atomic E-state index is 0.0930. The number of fused-ring (bicyclic) bond motifs is 2. The summed E-state index contributed by atoms with van der Waals surface area (Å²) in [6.45, 7) is 0.684. The molecule has 1 unspecified atom stereocenters. The lowest BCUT2D eigenvalue weighted by molar-refractivity contribution is 0.116. The van der Waals surface area contributed by atoms with Crippen LogP contribution in [-0.4, -0.2) is 31.8 Å². The molecule has 0 spiro atoms. The van der Waals surface area contributed by atoms with E-state index in [1.807, 2.05) is 24.5 Å². The number of nitrogens with one attached hydrogen (secondary N) is 1. The number of rotatable bonds is 4. The summed E-state index contributed by atoms with van der Waals surface area (Å²) in [7, 11) is 0. The minimum atomic E-state index is -0.292. The number of anilines is 1. The van der Waals surface area contributed by atoms with Crippen LogP contribution in [0.1, 0.15) is 36.8 Å². The molecule has 0 amide bonds. The molecule has 146 valence electrons. The molecule has 0 bridgehead atoms. The Labute approximate surface area is 172 Å². The molecule has 0 aliphatic heterocycles. The Morgan fingerprint density at radius 2 is 2.03 bits per heavy atom. The molecular formula is C22H21N5OS. The van der Waals surface area contributed by atoms with E-state index in [0.717, 1.165) is 57.6 Å². The highest BCUT2D eigenvalue weighted by molar-refractivity contribution is 7.22. The molecule has 4 aromatic rings. The van der Waals surface area contributed by atoms with Crippen molar-refractivity contribution in [2.75, 3.05) is 5.32 Å². The second kappa shape index (κ2) is 7.47. The highest BCUT2D eigenvalue weighted by atomic mass is 32.1. The summed E-state index contributed by atoms with van der Waals surface area (Å²) in [6.07, 6.45) is 5.62. The van der Waals surface area contributed by atoms with E-state index in [1.54, 1.807) is 17.4 Å². The summed E-state index contributed by atoms with van der Waals surface area (Å²) < 4.78 is 3.19. The molecule has 5 rings (SSSR count). The maximum atomic E-state index is 10.2. The molecule has 29 heavy (non-hydrogen) atoms. The quantitative estimate of drug-likeness (QED) is 0.531. The Bertz CT molecular complexity index is 1220. The molecule has 1 aliphatic rings. The summed E-state index contributed by atoms with van der Waals surface area (Å²) in [6, 6.07) is 14.1. The highest BCUT2D eigenvalue weighted by Crippen LogP contribution is 2.30. The van der Waals surface area contributed by atoms with Crippen molar-refractivity contribution in [2.45, 2.75) is 44.4 Å². The number of hydrogen-bond acceptors (Lipinski definition) is 6. The fourth-order valence-corrected chi connectivity index (χ4v) is 5.01. The lowest BCUT2D eigenvalue weighted by Gasteiger charge is -2.27. The average molecular weight is 404 g/mol. The second-order valence-corrected chi connectivity index (χ2v) is 8.64. The topological polar surface area (TPSA) is 86.8 Å². The third kappa shape index (κ3) is 3.57. The van der Waals surface area contributed by atoms with Gasteiger partial charge in [-0.05, 0) is 48.7 Å². The fourth-order valence-electron chi connectivity index (χ4n) is 4.02. The van der Waals surface area contributed by atoms with Gasteiger partial charge in [0, 0.05) is 6.54 Å². The van der Waals surface area contributed by atoms with Crippen molar-refractivity contribution in [1.82, 2.24) is 14.5 Å². The first-order valence-corrected chi connectivity index (χ1v) is 10.7. The summed E-state index contributed by atoms with van der Waals surface area (Å²) >= 11 is 1.63. The maximum Gasteiger partial charge on any atom is 0.184 e. The monoisotopic (exact) mass is 403 g/mol. The summed E-state index contributed by atoms with van der Waals surface area (Å²) in [5.41, 5.74) is 4.61. The van der Waals surface area contributed by atoms with E-state index in [1.165, 1.54) is 0 Å². The standard InChI is InChI=1S/C22H21N5OS/c23-11-14-5-7-16-19(9-14)27(13-24-16)12-15-6-8-18-21(10-15)29-22(26-18)25-17-3-1-2-4-20(17)28/h5-10,13,17,20,28H,1-4,12H2,(H,25,26)/t17?,20-/m1/s1. The van der Waals surface area contributed by atoms with Crippen LogP contribution in [0.4, 0.5) is 5.13 Å². The van der Waals surface area contributed by atoms with Crippen molar-refractivity contribution in [3.05, 3.63) is 53.9 Å². The Morgan fingerprint density at radius 1 is 1.17 bits per heavy atom. The molecule has 7 heteroatoms. The van der Waals surface area contributed by atoms with Gasteiger partial charge >= 0.3 is 0 Å². The Balaban J connectivity index is 1.39. The fraction of sp³-hybridized carbons (Fsp3) is 0.318. The third-order valence-corrected chi connectivity index (χ3v) is 6.54. The Hall–Kier alpha value is -2.95. The first-order chi connectivity index (χ1) is 14.2. The largest absolute Gasteiger partial charge is 0.391 e. The zero-order chi connectivity index (χ0) is 19.8. The summed E-state index contributed by atoms with van der Waals surface area (Å²) in [5.74, 6) is 0. The van der Waals surface area contributed by atoms with Gasteiger partial charge in [-0.2, -0.15) is 5.26 Å². The number of aliphatic hydroxyl groups excluding tert-OH is 1. The van der Waals surface area contributed by atoms with Gasteiger partial charge in [0.25, 0.3) is 0 Å². The number of benzene rings is 2. The molecule has 1 aliphatic carbocycles. The van der Waals surface area contributed by atoms with Crippen LogP contribution in [0.5, 0.6) is 0 Å². The zero-order valence-corrected chi connectivity index (χ0v) is 16.7. The molecule has 2 atom stereocenters. The van der Waals surface area contributed by atoms with Crippen molar-refractivity contribution in [3.63, 3.8) is 0 Å². The maximum absolute atomic E-state index is 10.2. The van der Waals surface area contributed by atoms with Crippen molar-refractivity contribution < 1.29 is 5.11 Å². The van der Waals surface area contributed by atoms with Gasteiger partial charge in [-0.15, -0.1) is 0 Å². The van der Waals surface area contributed by atoms with E-state index in [-0.39, 0.29) is 12.1 Å². The van der Waals surface area contributed by atoms with Gasteiger partial charge in [0.05, 0.1) is 51.4 Å². The predicted octanol–water partition coefficient (Wildman–Crippen LogP) is 4.28. The number of nitriles is 1. The van der Waals surface area contributed by atoms with Crippen LogP contribution in [0.25, 0.3) is 21.3 Å². The molecular weight excluding hydrogens is 382 g/mol. The van der Waals surface area contributed by atoms with Crippen LogP contribution in [0.15, 0.2) is 42.7 Å². The SMILES string of the molecule is N#Cc1ccc2ncn(Cc3ccc4nc(NC5CCCC[C@H]5O)sc4c3)c2c1. The van der Waals surface area contributed by atoms with E-state index in [0.29, 0.717) is 12.1 Å². The number of nitrogens with zero attached hydrogens (tertiary/aromatic N) is 4. The van der Waals surface area contributed by atoms with Crippen molar-refractivity contribution in [1.29, 1.82) is 5.26 Å². The van der Waals surface area contributed by atoms with Gasteiger partial charge in [0.15, 0.2) is 5.13 Å².